The van der Waals surface area contributed by atoms with Crippen molar-refractivity contribution in [3.63, 3.8) is 0 Å². The summed E-state index contributed by atoms with van der Waals surface area (Å²) in [5, 5.41) is 20.5. The Morgan fingerprint density at radius 2 is 2.05 bits per heavy atom. The van der Waals surface area contributed by atoms with Crippen molar-refractivity contribution >= 4 is 11.7 Å². The number of aliphatic hydroxyl groups excluding tert-OH is 1. The topological polar surface area (TPSA) is 108 Å². The molecule has 1 aromatic rings. The zero-order valence-corrected chi connectivity index (χ0v) is 10.9. The van der Waals surface area contributed by atoms with E-state index in [2.05, 4.69) is 5.16 Å². The number of amidine groups is 1. The number of aliphatic hydroxyl groups is 1. The van der Waals surface area contributed by atoms with Gasteiger partial charge in [-0.3, -0.25) is 4.79 Å². The van der Waals surface area contributed by atoms with Gasteiger partial charge in [-0.15, -0.1) is 0 Å². The maximum Gasteiger partial charge on any atom is 0.254 e. The first-order chi connectivity index (χ1) is 9.65. The smallest absolute Gasteiger partial charge is 0.254 e. The van der Waals surface area contributed by atoms with Gasteiger partial charge in [-0.1, -0.05) is 17.3 Å². The fourth-order valence-corrected chi connectivity index (χ4v) is 2.04. The third kappa shape index (κ3) is 3.06. The molecule has 0 bridgehead atoms. The normalized spacial score (nSPS) is 19.9. The average molecular weight is 279 g/mol. The predicted octanol–water partition coefficient (Wildman–Crippen LogP) is -0.386. The van der Waals surface area contributed by atoms with Crippen LogP contribution in [0.5, 0.6) is 0 Å². The van der Waals surface area contributed by atoms with Crippen LogP contribution in [-0.4, -0.2) is 59.4 Å². The Kier molecular flexibility index (Phi) is 4.54. The van der Waals surface area contributed by atoms with E-state index in [4.69, 9.17) is 20.8 Å². The molecule has 0 radical (unpaired) electrons. The molecule has 0 saturated carbocycles. The average Bonchev–Trinajstić information content (AvgIpc) is 2.53. The van der Waals surface area contributed by atoms with Gasteiger partial charge in [0, 0.05) is 24.2 Å². The summed E-state index contributed by atoms with van der Waals surface area (Å²) in [5.41, 5.74) is 6.51. The Bertz CT molecular complexity index is 501. The molecule has 1 aromatic carbocycles. The largest absolute Gasteiger partial charge is 0.409 e. The van der Waals surface area contributed by atoms with Gasteiger partial charge in [-0.25, -0.2) is 0 Å². The van der Waals surface area contributed by atoms with E-state index < -0.39 is 0 Å². The number of carbonyl (C=O) groups excluding carboxylic acids is 1. The van der Waals surface area contributed by atoms with Crippen LogP contribution in [0, 0.1) is 0 Å². The van der Waals surface area contributed by atoms with E-state index in [0.29, 0.717) is 30.8 Å². The summed E-state index contributed by atoms with van der Waals surface area (Å²) < 4.78 is 5.30. The molecule has 20 heavy (non-hydrogen) atoms. The van der Waals surface area contributed by atoms with Gasteiger partial charge >= 0.3 is 0 Å². The molecule has 0 aromatic heterocycles. The highest BCUT2D eigenvalue weighted by atomic mass is 16.5. The van der Waals surface area contributed by atoms with Crippen molar-refractivity contribution in [2.45, 2.75) is 6.10 Å². The number of nitrogens with two attached hydrogens (primary N) is 1. The lowest BCUT2D eigenvalue weighted by molar-refractivity contribution is -0.0447. The van der Waals surface area contributed by atoms with Crippen molar-refractivity contribution in [1.29, 1.82) is 0 Å². The summed E-state index contributed by atoms with van der Waals surface area (Å²) in [4.78, 5) is 13.9. The first-order valence-electron chi connectivity index (χ1n) is 6.25. The summed E-state index contributed by atoms with van der Waals surface area (Å²) in [6.07, 6.45) is -0.330. The lowest BCUT2D eigenvalue weighted by Crippen LogP contribution is -2.46. The van der Waals surface area contributed by atoms with Crippen LogP contribution in [0.15, 0.2) is 29.4 Å². The number of benzene rings is 1. The molecule has 1 amide bonds. The first kappa shape index (κ1) is 14.3. The van der Waals surface area contributed by atoms with Crippen LogP contribution in [0.3, 0.4) is 0 Å². The number of amides is 1. The van der Waals surface area contributed by atoms with Crippen LogP contribution >= 0.6 is 0 Å². The number of ether oxygens (including phenoxy) is 1. The van der Waals surface area contributed by atoms with E-state index in [1.807, 2.05) is 0 Å². The molecule has 108 valence electrons. The van der Waals surface area contributed by atoms with Gasteiger partial charge in [-0.2, -0.15) is 0 Å². The minimum absolute atomic E-state index is 0.00397. The Morgan fingerprint density at radius 1 is 1.40 bits per heavy atom. The van der Waals surface area contributed by atoms with Crippen molar-refractivity contribution in [2.75, 3.05) is 26.3 Å². The predicted molar refractivity (Wildman–Crippen MR) is 71.7 cm³/mol. The molecule has 1 aliphatic heterocycles. The maximum absolute atomic E-state index is 12.3. The summed E-state index contributed by atoms with van der Waals surface area (Å²) in [6, 6.07) is 6.48. The number of hydrogen-bond acceptors (Lipinski definition) is 5. The van der Waals surface area contributed by atoms with E-state index in [0.717, 1.165) is 0 Å². The van der Waals surface area contributed by atoms with Crippen LogP contribution in [0.4, 0.5) is 0 Å². The highest BCUT2D eigenvalue weighted by molar-refractivity contribution is 5.99. The minimum Gasteiger partial charge on any atom is -0.409 e. The second-order valence-corrected chi connectivity index (χ2v) is 4.49. The molecule has 1 fully saturated rings. The number of rotatable bonds is 3. The van der Waals surface area contributed by atoms with Crippen molar-refractivity contribution < 1.29 is 19.8 Å². The molecular formula is C13H17N3O4. The first-order valence-corrected chi connectivity index (χ1v) is 6.25. The van der Waals surface area contributed by atoms with Crippen LogP contribution < -0.4 is 5.73 Å². The second-order valence-electron chi connectivity index (χ2n) is 4.49. The van der Waals surface area contributed by atoms with Crippen LogP contribution in [-0.2, 0) is 4.74 Å². The van der Waals surface area contributed by atoms with Crippen molar-refractivity contribution in [2.24, 2.45) is 10.9 Å². The molecule has 0 aliphatic carbocycles. The van der Waals surface area contributed by atoms with E-state index in [1.54, 1.807) is 29.2 Å². The zero-order valence-electron chi connectivity index (χ0n) is 10.9. The zero-order chi connectivity index (χ0) is 14.5. The molecule has 1 unspecified atom stereocenters. The van der Waals surface area contributed by atoms with Gasteiger partial charge in [0.2, 0.25) is 0 Å². The summed E-state index contributed by atoms with van der Waals surface area (Å²) in [5.74, 6) is -0.131. The Balaban J connectivity index is 2.09. The van der Waals surface area contributed by atoms with Gasteiger partial charge in [0.25, 0.3) is 5.91 Å². The number of oxime groups is 1. The van der Waals surface area contributed by atoms with Crippen LogP contribution in [0.1, 0.15) is 15.9 Å². The SMILES string of the molecule is N/C(=N/O)c1ccc(C(=O)N2CCOC(CO)C2)cc1. The Hall–Kier alpha value is -2.12. The van der Waals surface area contributed by atoms with Gasteiger partial charge < -0.3 is 25.7 Å². The monoisotopic (exact) mass is 279 g/mol. The number of morpholine rings is 1. The molecule has 1 heterocycles. The Morgan fingerprint density at radius 3 is 2.65 bits per heavy atom. The molecule has 2 rings (SSSR count). The molecule has 0 spiro atoms. The number of hydrogen-bond donors (Lipinski definition) is 3. The molecule has 1 aliphatic rings. The molecule has 7 nitrogen and oxygen atoms in total. The van der Waals surface area contributed by atoms with Gasteiger partial charge in [-0.05, 0) is 12.1 Å². The summed E-state index contributed by atoms with van der Waals surface area (Å²) in [7, 11) is 0. The van der Waals surface area contributed by atoms with Gasteiger partial charge in [0.05, 0.1) is 19.3 Å². The summed E-state index contributed by atoms with van der Waals surface area (Å²) >= 11 is 0. The Labute approximate surface area is 116 Å². The second kappa shape index (κ2) is 6.36. The van der Waals surface area contributed by atoms with E-state index in [-0.39, 0.29) is 24.5 Å². The lowest BCUT2D eigenvalue weighted by atomic mass is 10.1. The third-order valence-corrected chi connectivity index (χ3v) is 3.16. The van der Waals surface area contributed by atoms with Gasteiger partial charge in [0.1, 0.15) is 0 Å². The maximum atomic E-state index is 12.3. The number of carbonyl (C=O) groups is 1. The third-order valence-electron chi connectivity index (χ3n) is 3.16. The van der Waals surface area contributed by atoms with Crippen molar-refractivity contribution in [3.05, 3.63) is 35.4 Å². The van der Waals surface area contributed by atoms with E-state index in [1.165, 1.54) is 0 Å². The highest BCUT2D eigenvalue weighted by Gasteiger charge is 2.24. The quantitative estimate of drug-likeness (QED) is 0.302. The molecule has 1 saturated heterocycles. The number of nitrogens with zero attached hydrogens (tertiary/aromatic N) is 2. The van der Waals surface area contributed by atoms with Crippen LogP contribution in [0.2, 0.25) is 0 Å². The van der Waals surface area contributed by atoms with E-state index >= 15 is 0 Å². The molecular weight excluding hydrogens is 262 g/mol. The molecule has 7 heteroatoms. The van der Waals surface area contributed by atoms with E-state index in [9.17, 15) is 4.79 Å². The van der Waals surface area contributed by atoms with Crippen LogP contribution in [0.25, 0.3) is 0 Å². The standard InChI is InChI=1S/C13H17N3O4/c14-12(15-19)9-1-3-10(4-2-9)13(18)16-5-6-20-11(7-16)8-17/h1-4,11,17,19H,5-8H2,(H2,14,15). The lowest BCUT2D eigenvalue weighted by Gasteiger charge is -2.32. The molecule has 4 N–H and O–H groups in total. The summed E-state index contributed by atoms with van der Waals surface area (Å²) in [6.45, 7) is 1.18. The highest BCUT2D eigenvalue weighted by Crippen LogP contribution is 2.11. The fraction of sp³-hybridized carbons (Fsp3) is 0.385. The van der Waals surface area contributed by atoms with Crippen molar-refractivity contribution in [3.8, 4) is 0 Å². The fourth-order valence-electron chi connectivity index (χ4n) is 2.04. The molecule has 1 atom stereocenters. The van der Waals surface area contributed by atoms with Crippen molar-refractivity contribution in [1.82, 2.24) is 4.90 Å². The van der Waals surface area contributed by atoms with Gasteiger partial charge in [0.15, 0.2) is 5.84 Å². The minimum atomic E-state index is -0.330.